The standard InChI is InChI=1S/C17H16ClN3O4S2.2H2/c1-10-16(26-17(20-10)21-11(2)22)14-6-7-15(25-14)27(23,24)19-9-12-4-3-5-13(18)8-12;;/h3-8,19H,9H2,1-2H3,(H,20,21,22);2*1H. The molecule has 27 heavy (non-hydrogen) atoms. The first-order chi connectivity index (χ1) is 12.7. The Morgan fingerprint density at radius 2 is 2.11 bits per heavy atom. The SMILES string of the molecule is CC(=O)Nc1nc(C)c(-c2ccc(S(=O)(=O)NCc3cccc(Cl)c3)o2)s1.[HH].[HH]. The van der Waals surface area contributed by atoms with Crippen molar-refractivity contribution in [2.24, 2.45) is 0 Å². The molecular weight excluding hydrogens is 410 g/mol. The van der Waals surface area contributed by atoms with Crippen LogP contribution in [-0.4, -0.2) is 19.3 Å². The van der Waals surface area contributed by atoms with E-state index in [9.17, 15) is 13.2 Å². The number of nitrogens with zero attached hydrogens (tertiary/aromatic N) is 1. The maximum absolute atomic E-state index is 12.5. The van der Waals surface area contributed by atoms with Crippen LogP contribution in [0.4, 0.5) is 5.13 Å². The molecule has 2 heterocycles. The Kier molecular flexibility index (Phi) is 5.66. The molecule has 10 heteroatoms. The highest BCUT2D eigenvalue weighted by Crippen LogP contribution is 2.34. The number of carbonyl (C=O) groups is 1. The highest BCUT2D eigenvalue weighted by Gasteiger charge is 2.21. The maximum Gasteiger partial charge on any atom is 0.274 e. The fraction of sp³-hybridized carbons (Fsp3) is 0.176. The number of hydrogen-bond acceptors (Lipinski definition) is 6. The van der Waals surface area contributed by atoms with Crippen LogP contribution in [-0.2, 0) is 21.4 Å². The lowest BCUT2D eigenvalue weighted by molar-refractivity contribution is -0.114. The molecule has 0 saturated heterocycles. The number of aromatic nitrogens is 1. The van der Waals surface area contributed by atoms with Gasteiger partial charge in [-0.15, -0.1) is 0 Å². The summed E-state index contributed by atoms with van der Waals surface area (Å²) in [7, 11) is -3.83. The fourth-order valence-corrected chi connectivity index (χ4v) is 4.44. The molecule has 7 nitrogen and oxygen atoms in total. The number of aryl methyl sites for hydroxylation is 1. The minimum absolute atomic E-state index is 0. The van der Waals surface area contributed by atoms with Crippen molar-refractivity contribution in [1.82, 2.24) is 9.71 Å². The van der Waals surface area contributed by atoms with Gasteiger partial charge in [0.1, 0.15) is 5.76 Å². The average Bonchev–Trinajstić information content (AvgIpc) is 3.20. The molecule has 0 fully saturated rings. The van der Waals surface area contributed by atoms with E-state index in [2.05, 4.69) is 15.0 Å². The Morgan fingerprint density at radius 1 is 1.33 bits per heavy atom. The van der Waals surface area contributed by atoms with Gasteiger partial charge in [-0.3, -0.25) is 4.79 Å². The number of sulfonamides is 1. The number of benzene rings is 1. The summed E-state index contributed by atoms with van der Waals surface area (Å²) in [5.41, 5.74) is 1.37. The lowest BCUT2D eigenvalue weighted by Crippen LogP contribution is -2.22. The second-order valence-corrected chi connectivity index (χ2v) is 8.82. The topological polar surface area (TPSA) is 101 Å². The van der Waals surface area contributed by atoms with Crippen LogP contribution in [0.25, 0.3) is 10.6 Å². The van der Waals surface area contributed by atoms with Gasteiger partial charge in [0, 0.05) is 21.3 Å². The Balaban J connectivity index is 0.00000210. The van der Waals surface area contributed by atoms with Crippen LogP contribution >= 0.6 is 22.9 Å². The predicted molar refractivity (Wildman–Crippen MR) is 109 cm³/mol. The summed E-state index contributed by atoms with van der Waals surface area (Å²) in [6.07, 6.45) is 0. The molecule has 3 rings (SSSR count). The second kappa shape index (κ2) is 7.81. The van der Waals surface area contributed by atoms with E-state index in [4.69, 9.17) is 16.0 Å². The summed E-state index contributed by atoms with van der Waals surface area (Å²) >= 11 is 7.11. The van der Waals surface area contributed by atoms with Crippen molar-refractivity contribution in [3.63, 3.8) is 0 Å². The minimum Gasteiger partial charge on any atom is -0.442 e. The molecule has 0 aliphatic rings. The zero-order valence-electron chi connectivity index (χ0n) is 14.4. The number of anilines is 1. The van der Waals surface area contributed by atoms with Crippen LogP contribution in [0, 0.1) is 6.92 Å². The molecule has 1 amide bonds. The number of halogens is 1. The summed E-state index contributed by atoms with van der Waals surface area (Å²) in [5, 5.41) is 3.36. The third-order valence-corrected chi connectivity index (χ3v) is 6.10. The summed E-state index contributed by atoms with van der Waals surface area (Å²) in [6.45, 7) is 3.23. The van der Waals surface area contributed by atoms with Gasteiger partial charge in [-0.1, -0.05) is 35.1 Å². The molecule has 0 aliphatic heterocycles. The molecule has 0 spiro atoms. The Hall–Kier alpha value is -2.20. The van der Waals surface area contributed by atoms with Gasteiger partial charge in [-0.05, 0) is 36.8 Å². The first-order valence-corrected chi connectivity index (χ1v) is 10.5. The van der Waals surface area contributed by atoms with E-state index in [0.717, 1.165) is 5.56 Å². The van der Waals surface area contributed by atoms with E-state index < -0.39 is 10.0 Å². The fourth-order valence-electron chi connectivity index (χ4n) is 2.31. The summed E-state index contributed by atoms with van der Waals surface area (Å²) in [6, 6.07) is 9.86. The molecule has 2 aromatic heterocycles. The zero-order chi connectivity index (χ0) is 19.6. The lowest BCUT2D eigenvalue weighted by Gasteiger charge is -2.05. The van der Waals surface area contributed by atoms with E-state index in [1.54, 1.807) is 37.3 Å². The molecule has 0 atom stereocenters. The van der Waals surface area contributed by atoms with Crippen LogP contribution in [0.2, 0.25) is 5.02 Å². The lowest BCUT2D eigenvalue weighted by atomic mass is 10.2. The van der Waals surface area contributed by atoms with Crippen LogP contribution in [0.3, 0.4) is 0 Å². The number of furan rings is 1. The second-order valence-electron chi connectivity index (χ2n) is 5.69. The van der Waals surface area contributed by atoms with Gasteiger partial charge in [-0.2, -0.15) is 0 Å². The Morgan fingerprint density at radius 3 is 2.81 bits per heavy atom. The summed E-state index contributed by atoms with van der Waals surface area (Å²) in [4.78, 5) is 16.0. The van der Waals surface area contributed by atoms with Gasteiger partial charge in [0.25, 0.3) is 10.0 Å². The summed E-state index contributed by atoms with van der Waals surface area (Å²) < 4.78 is 32.9. The van der Waals surface area contributed by atoms with Crippen LogP contribution in [0.15, 0.2) is 45.9 Å². The van der Waals surface area contributed by atoms with Crippen molar-refractivity contribution < 1.29 is 20.5 Å². The normalized spacial score (nSPS) is 11.5. The van der Waals surface area contributed by atoms with Gasteiger partial charge in [0.15, 0.2) is 5.13 Å². The van der Waals surface area contributed by atoms with Crippen molar-refractivity contribution in [3.8, 4) is 10.6 Å². The van der Waals surface area contributed by atoms with Gasteiger partial charge in [0.05, 0.1) is 10.6 Å². The number of thiazole rings is 1. The molecular formula is C17H20ClN3O4S2. The molecule has 0 saturated carbocycles. The van der Waals surface area contributed by atoms with Crippen molar-refractivity contribution in [3.05, 3.63) is 52.7 Å². The van der Waals surface area contributed by atoms with Crippen molar-refractivity contribution in [2.45, 2.75) is 25.5 Å². The minimum atomic E-state index is -3.83. The third kappa shape index (κ3) is 4.75. The van der Waals surface area contributed by atoms with Gasteiger partial charge in [0.2, 0.25) is 11.0 Å². The molecule has 0 radical (unpaired) electrons. The van der Waals surface area contributed by atoms with Crippen LogP contribution in [0.5, 0.6) is 0 Å². The Labute approximate surface area is 168 Å². The van der Waals surface area contributed by atoms with Crippen molar-refractivity contribution in [2.75, 3.05) is 5.32 Å². The van der Waals surface area contributed by atoms with E-state index in [1.165, 1.54) is 24.3 Å². The summed E-state index contributed by atoms with van der Waals surface area (Å²) in [5.74, 6) is 0.132. The van der Waals surface area contributed by atoms with Crippen molar-refractivity contribution >= 4 is 44.0 Å². The van der Waals surface area contributed by atoms with Crippen LogP contribution in [0.1, 0.15) is 21.0 Å². The monoisotopic (exact) mass is 429 g/mol. The zero-order valence-corrected chi connectivity index (χ0v) is 16.8. The molecule has 0 unspecified atom stereocenters. The van der Waals surface area contributed by atoms with E-state index in [1.807, 2.05) is 0 Å². The van der Waals surface area contributed by atoms with E-state index in [-0.39, 0.29) is 20.4 Å². The highest BCUT2D eigenvalue weighted by molar-refractivity contribution is 7.89. The molecule has 146 valence electrons. The highest BCUT2D eigenvalue weighted by atomic mass is 35.5. The number of rotatable bonds is 6. The smallest absolute Gasteiger partial charge is 0.274 e. The molecule has 3 aromatic rings. The molecule has 0 bridgehead atoms. The molecule has 2 N–H and O–H groups in total. The van der Waals surface area contributed by atoms with Gasteiger partial charge in [-0.25, -0.2) is 18.1 Å². The first kappa shape index (κ1) is 19.6. The number of amides is 1. The largest absolute Gasteiger partial charge is 0.442 e. The molecule has 0 aliphatic carbocycles. The van der Waals surface area contributed by atoms with Crippen molar-refractivity contribution in [1.29, 1.82) is 0 Å². The van der Waals surface area contributed by atoms with E-state index >= 15 is 0 Å². The first-order valence-electron chi connectivity index (χ1n) is 7.84. The van der Waals surface area contributed by atoms with E-state index in [0.29, 0.717) is 26.5 Å². The number of nitrogens with one attached hydrogen (secondary N) is 2. The average molecular weight is 430 g/mol. The predicted octanol–water partition coefficient (Wildman–Crippen LogP) is 4.29. The number of hydrogen-bond donors (Lipinski definition) is 2. The third-order valence-electron chi connectivity index (χ3n) is 3.50. The van der Waals surface area contributed by atoms with Gasteiger partial charge < -0.3 is 9.73 Å². The Bertz CT molecular complexity index is 1100. The van der Waals surface area contributed by atoms with Gasteiger partial charge >= 0.3 is 0 Å². The number of carbonyl (C=O) groups excluding carboxylic acids is 1. The quantitative estimate of drug-likeness (QED) is 0.608. The maximum atomic E-state index is 12.5. The van der Waals surface area contributed by atoms with Crippen LogP contribution < -0.4 is 10.0 Å². The molecule has 1 aromatic carbocycles.